The zero-order chi connectivity index (χ0) is 9.52. The standard InChI is InChI=1S/C11H17NO/c1-10(2)12-8-4-3-6-11-7-5-9-13-11/h3,5-7,9-10,12H,4,8H2,1-2H3. The molecule has 1 N–H and O–H groups in total. The van der Waals surface area contributed by atoms with Crippen molar-refractivity contribution in [3.63, 3.8) is 0 Å². The predicted molar refractivity (Wildman–Crippen MR) is 55.5 cm³/mol. The molecule has 72 valence electrons. The van der Waals surface area contributed by atoms with Crippen LogP contribution in [0.1, 0.15) is 26.0 Å². The molecule has 0 saturated heterocycles. The second-order valence-corrected chi connectivity index (χ2v) is 3.32. The highest BCUT2D eigenvalue weighted by molar-refractivity contribution is 5.41. The van der Waals surface area contributed by atoms with Crippen molar-refractivity contribution in [2.24, 2.45) is 0 Å². The van der Waals surface area contributed by atoms with E-state index < -0.39 is 0 Å². The minimum absolute atomic E-state index is 0.567. The Morgan fingerprint density at radius 2 is 2.38 bits per heavy atom. The summed E-state index contributed by atoms with van der Waals surface area (Å²) in [6.45, 7) is 5.32. The fourth-order valence-electron chi connectivity index (χ4n) is 1.04. The first-order valence-electron chi connectivity index (χ1n) is 4.72. The van der Waals surface area contributed by atoms with Gasteiger partial charge in [0.2, 0.25) is 0 Å². The average Bonchev–Trinajstić information content (AvgIpc) is 2.55. The lowest BCUT2D eigenvalue weighted by molar-refractivity contribution is 0.556. The number of hydrogen-bond donors (Lipinski definition) is 1. The first-order chi connectivity index (χ1) is 6.29. The Balaban J connectivity index is 2.12. The van der Waals surface area contributed by atoms with E-state index in [9.17, 15) is 0 Å². The molecule has 1 rings (SSSR count). The maximum atomic E-state index is 5.15. The van der Waals surface area contributed by atoms with Crippen molar-refractivity contribution >= 4 is 6.08 Å². The molecule has 0 unspecified atom stereocenters. The SMILES string of the molecule is CC(C)NCCC=Cc1ccco1. The van der Waals surface area contributed by atoms with Gasteiger partial charge in [-0.3, -0.25) is 0 Å². The molecule has 1 heterocycles. The van der Waals surface area contributed by atoms with Crippen LogP contribution in [-0.2, 0) is 0 Å². The third-order valence-electron chi connectivity index (χ3n) is 1.69. The van der Waals surface area contributed by atoms with Gasteiger partial charge in [0, 0.05) is 6.04 Å². The fraction of sp³-hybridized carbons (Fsp3) is 0.455. The highest BCUT2D eigenvalue weighted by Gasteiger charge is 1.89. The molecule has 0 amide bonds. The summed E-state index contributed by atoms with van der Waals surface area (Å²) in [4.78, 5) is 0. The molecule has 0 bridgehead atoms. The number of hydrogen-bond acceptors (Lipinski definition) is 2. The molecule has 2 heteroatoms. The fourth-order valence-corrected chi connectivity index (χ4v) is 1.04. The Labute approximate surface area is 79.6 Å². The lowest BCUT2D eigenvalue weighted by Gasteiger charge is -2.04. The molecule has 0 aromatic carbocycles. The Morgan fingerprint density at radius 3 is 3.00 bits per heavy atom. The van der Waals surface area contributed by atoms with Gasteiger partial charge in [-0.05, 0) is 31.2 Å². The molecule has 2 nitrogen and oxygen atoms in total. The lowest BCUT2D eigenvalue weighted by atomic mass is 10.3. The van der Waals surface area contributed by atoms with Crippen molar-refractivity contribution < 1.29 is 4.42 Å². The molecule has 0 aliphatic rings. The summed E-state index contributed by atoms with van der Waals surface area (Å²) < 4.78 is 5.15. The summed E-state index contributed by atoms with van der Waals surface area (Å²) >= 11 is 0. The van der Waals surface area contributed by atoms with Gasteiger partial charge in [0.05, 0.1) is 6.26 Å². The summed E-state index contributed by atoms with van der Waals surface area (Å²) in [5.74, 6) is 0.921. The van der Waals surface area contributed by atoms with Crippen LogP contribution in [0.2, 0.25) is 0 Å². The van der Waals surface area contributed by atoms with E-state index in [-0.39, 0.29) is 0 Å². The molecule has 0 radical (unpaired) electrons. The molecule has 13 heavy (non-hydrogen) atoms. The van der Waals surface area contributed by atoms with Gasteiger partial charge in [0.1, 0.15) is 5.76 Å². The molecule has 1 aromatic heterocycles. The minimum atomic E-state index is 0.567. The summed E-state index contributed by atoms with van der Waals surface area (Å²) in [7, 11) is 0. The van der Waals surface area contributed by atoms with E-state index in [1.54, 1.807) is 6.26 Å². The van der Waals surface area contributed by atoms with Gasteiger partial charge in [-0.2, -0.15) is 0 Å². The van der Waals surface area contributed by atoms with E-state index in [0.29, 0.717) is 6.04 Å². The molecule has 0 atom stereocenters. The van der Waals surface area contributed by atoms with E-state index in [1.807, 2.05) is 18.2 Å². The van der Waals surface area contributed by atoms with E-state index in [1.165, 1.54) is 0 Å². The van der Waals surface area contributed by atoms with Crippen LogP contribution >= 0.6 is 0 Å². The van der Waals surface area contributed by atoms with E-state index in [2.05, 4.69) is 25.2 Å². The summed E-state index contributed by atoms with van der Waals surface area (Å²) in [5.41, 5.74) is 0. The van der Waals surface area contributed by atoms with Crippen LogP contribution in [0.5, 0.6) is 0 Å². The molecule has 0 aliphatic heterocycles. The maximum absolute atomic E-state index is 5.15. The Kier molecular flexibility index (Phi) is 4.33. The van der Waals surface area contributed by atoms with E-state index in [4.69, 9.17) is 4.42 Å². The highest BCUT2D eigenvalue weighted by Crippen LogP contribution is 2.02. The number of furan rings is 1. The van der Waals surface area contributed by atoms with Crippen molar-refractivity contribution in [2.45, 2.75) is 26.3 Å². The molecule has 0 saturated carbocycles. The second kappa shape index (κ2) is 5.60. The van der Waals surface area contributed by atoms with Crippen LogP contribution in [0.3, 0.4) is 0 Å². The Hall–Kier alpha value is -1.02. The number of nitrogens with one attached hydrogen (secondary N) is 1. The van der Waals surface area contributed by atoms with Gasteiger partial charge in [-0.25, -0.2) is 0 Å². The zero-order valence-corrected chi connectivity index (χ0v) is 8.29. The second-order valence-electron chi connectivity index (χ2n) is 3.32. The molecular formula is C11H17NO. The van der Waals surface area contributed by atoms with Gasteiger partial charge >= 0.3 is 0 Å². The van der Waals surface area contributed by atoms with Gasteiger partial charge in [-0.1, -0.05) is 19.9 Å². The Bertz CT molecular complexity index is 237. The summed E-state index contributed by atoms with van der Waals surface area (Å²) in [6, 6.07) is 4.41. The Morgan fingerprint density at radius 1 is 1.54 bits per heavy atom. The predicted octanol–water partition coefficient (Wildman–Crippen LogP) is 2.68. The third kappa shape index (κ3) is 4.53. The molecule has 0 spiro atoms. The van der Waals surface area contributed by atoms with Crippen molar-refractivity contribution in [1.82, 2.24) is 5.32 Å². The van der Waals surface area contributed by atoms with Crippen LogP contribution in [0.4, 0.5) is 0 Å². The average molecular weight is 179 g/mol. The topological polar surface area (TPSA) is 25.2 Å². The largest absolute Gasteiger partial charge is 0.465 e. The van der Waals surface area contributed by atoms with Crippen molar-refractivity contribution in [2.75, 3.05) is 6.54 Å². The first kappa shape index (κ1) is 10.1. The first-order valence-corrected chi connectivity index (χ1v) is 4.72. The van der Waals surface area contributed by atoms with E-state index in [0.717, 1.165) is 18.7 Å². The van der Waals surface area contributed by atoms with E-state index >= 15 is 0 Å². The zero-order valence-electron chi connectivity index (χ0n) is 8.29. The lowest BCUT2D eigenvalue weighted by Crippen LogP contribution is -2.23. The highest BCUT2D eigenvalue weighted by atomic mass is 16.3. The van der Waals surface area contributed by atoms with Gasteiger partial charge in [0.25, 0.3) is 0 Å². The molecular weight excluding hydrogens is 162 g/mol. The van der Waals surface area contributed by atoms with Crippen LogP contribution < -0.4 is 5.32 Å². The van der Waals surface area contributed by atoms with Crippen molar-refractivity contribution in [1.29, 1.82) is 0 Å². The smallest absolute Gasteiger partial charge is 0.126 e. The minimum Gasteiger partial charge on any atom is -0.465 e. The van der Waals surface area contributed by atoms with Gasteiger partial charge in [-0.15, -0.1) is 0 Å². The van der Waals surface area contributed by atoms with Crippen LogP contribution in [0.15, 0.2) is 28.9 Å². The van der Waals surface area contributed by atoms with Crippen molar-refractivity contribution in [3.8, 4) is 0 Å². The van der Waals surface area contributed by atoms with Crippen LogP contribution in [0, 0.1) is 0 Å². The third-order valence-corrected chi connectivity index (χ3v) is 1.69. The van der Waals surface area contributed by atoms with Gasteiger partial charge in [0.15, 0.2) is 0 Å². The number of rotatable bonds is 5. The summed E-state index contributed by atoms with van der Waals surface area (Å²) in [5, 5.41) is 3.34. The van der Waals surface area contributed by atoms with Gasteiger partial charge < -0.3 is 9.73 Å². The quantitative estimate of drug-likeness (QED) is 0.703. The van der Waals surface area contributed by atoms with Crippen LogP contribution in [0.25, 0.3) is 6.08 Å². The monoisotopic (exact) mass is 179 g/mol. The van der Waals surface area contributed by atoms with Crippen LogP contribution in [-0.4, -0.2) is 12.6 Å². The van der Waals surface area contributed by atoms with Crippen molar-refractivity contribution in [3.05, 3.63) is 30.2 Å². The normalized spacial score (nSPS) is 11.6. The molecule has 0 aliphatic carbocycles. The molecule has 1 aromatic rings. The summed E-state index contributed by atoms with van der Waals surface area (Å²) in [6.07, 6.45) is 6.85. The maximum Gasteiger partial charge on any atom is 0.126 e. The molecule has 0 fully saturated rings.